The average molecular weight is 416 g/mol. The molecule has 8 atom stereocenters. The Morgan fingerprint density at radius 2 is 1.97 bits per heavy atom. The topological polar surface area (TPSA) is 46.6 Å². The number of rotatable bonds is 4. The van der Waals surface area contributed by atoms with E-state index in [0.29, 0.717) is 41.9 Å². The molecular weight excluding hydrogens is 374 g/mol. The summed E-state index contributed by atoms with van der Waals surface area (Å²) in [7, 11) is 3.48. The second-order valence-electron chi connectivity index (χ2n) is 11.4. The number of methoxy groups -OCH3 is 1. The Bertz CT molecular complexity index is 745. The average Bonchev–Trinajstić information content (AvgIpc) is 3.07. The molecule has 3 aliphatic carbocycles. The second kappa shape index (κ2) is 7.67. The van der Waals surface area contributed by atoms with Gasteiger partial charge in [-0.3, -0.25) is 9.59 Å². The number of piperidine rings is 1. The van der Waals surface area contributed by atoms with Crippen molar-refractivity contribution in [3.63, 3.8) is 0 Å². The van der Waals surface area contributed by atoms with E-state index in [9.17, 15) is 9.59 Å². The molecule has 0 unspecified atom stereocenters. The van der Waals surface area contributed by atoms with Gasteiger partial charge in [-0.1, -0.05) is 33.8 Å². The van der Waals surface area contributed by atoms with Crippen molar-refractivity contribution in [3.05, 3.63) is 11.8 Å². The normalized spacial score (nSPS) is 43.9. The maximum Gasteiger partial charge on any atom is 0.305 e. The van der Waals surface area contributed by atoms with Gasteiger partial charge in [0.15, 0.2) is 0 Å². The fourth-order valence-corrected chi connectivity index (χ4v) is 8.51. The van der Waals surface area contributed by atoms with Crippen molar-refractivity contribution in [2.75, 3.05) is 14.2 Å². The summed E-state index contributed by atoms with van der Waals surface area (Å²) in [5, 5.41) is 0. The molecule has 4 nitrogen and oxygen atoms in total. The number of fused-ring (bicyclic) bond motifs is 5. The molecule has 0 bridgehead atoms. The van der Waals surface area contributed by atoms with Crippen molar-refractivity contribution in [3.8, 4) is 0 Å². The number of allylic oxidation sites excluding steroid dienone is 2. The van der Waals surface area contributed by atoms with Crippen LogP contribution in [0.5, 0.6) is 0 Å². The lowest BCUT2D eigenvalue weighted by atomic mass is 9.46. The minimum atomic E-state index is -0.0762. The number of nitrogens with zero attached hydrogens (tertiary/aromatic N) is 1. The summed E-state index contributed by atoms with van der Waals surface area (Å²) in [6.07, 6.45) is 10.8. The summed E-state index contributed by atoms with van der Waals surface area (Å²) in [5.41, 5.74) is 1.83. The SMILES string of the molecule is COC(=O)CC[C@@H](C)[C@H]1CC[C@H]2[C@@H]3[C@@H](C)C=C4N(C)C(=O)CC[C@]4(C)[C@H]3CC[C@]12C. The van der Waals surface area contributed by atoms with E-state index in [0.717, 1.165) is 24.7 Å². The smallest absolute Gasteiger partial charge is 0.305 e. The van der Waals surface area contributed by atoms with E-state index < -0.39 is 0 Å². The lowest BCUT2D eigenvalue weighted by Gasteiger charge is -2.60. The maximum absolute atomic E-state index is 12.4. The van der Waals surface area contributed by atoms with Crippen LogP contribution in [-0.2, 0) is 14.3 Å². The highest BCUT2D eigenvalue weighted by Crippen LogP contribution is 2.68. The van der Waals surface area contributed by atoms with E-state index in [-0.39, 0.29) is 17.3 Å². The Labute approximate surface area is 182 Å². The summed E-state index contributed by atoms with van der Waals surface area (Å²) < 4.78 is 4.88. The summed E-state index contributed by atoms with van der Waals surface area (Å²) in [6.45, 7) is 9.76. The van der Waals surface area contributed by atoms with Crippen molar-refractivity contribution >= 4 is 11.9 Å². The summed E-state index contributed by atoms with van der Waals surface area (Å²) in [6, 6.07) is 0. The fourth-order valence-electron chi connectivity index (χ4n) is 8.51. The molecule has 0 aromatic heterocycles. The number of hydrogen-bond donors (Lipinski definition) is 0. The second-order valence-corrected chi connectivity index (χ2v) is 11.4. The molecule has 0 aromatic rings. The monoisotopic (exact) mass is 415 g/mol. The predicted molar refractivity (Wildman–Crippen MR) is 118 cm³/mol. The van der Waals surface area contributed by atoms with E-state index in [1.807, 2.05) is 11.9 Å². The third-order valence-corrected chi connectivity index (χ3v) is 10.1. The van der Waals surface area contributed by atoms with Crippen molar-refractivity contribution < 1.29 is 14.3 Å². The number of carbonyl (C=O) groups excluding carboxylic acids is 2. The minimum Gasteiger partial charge on any atom is -0.469 e. The van der Waals surface area contributed by atoms with Gasteiger partial charge in [0.2, 0.25) is 5.91 Å². The Hall–Kier alpha value is -1.32. The molecule has 1 amide bonds. The van der Waals surface area contributed by atoms with Crippen LogP contribution >= 0.6 is 0 Å². The first kappa shape index (κ1) is 21.9. The first-order chi connectivity index (χ1) is 14.1. The lowest BCUT2D eigenvalue weighted by Crippen LogP contribution is -2.55. The first-order valence-electron chi connectivity index (χ1n) is 12.2. The molecule has 3 fully saturated rings. The molecule has 0 spiro atoms. The van der Waals surface area contributed by atoms with Gasteiger partial charge in [-0.05, 0) is 79.4 Å². The molecule has 4 heteroatoms. The third-order valence-electron chi connectivity index (χ3n) is 10.1. The Kier molecular flexibility index (Phi) is 5.60. The molecule has 1 heterocycles. The highest BCUT2D eigenvalue weighted by atomic mass is 16.5. The number of ether oxygens (including phenoxy) is 1. The van der Waals surface area contributed by atoms with Crippen molar-refractivity contribution in [2.24, 2.45) is 46.3 Å². The first-order valence-corrected chi connectivity index (χ1v) is 12.2. The van der Waals surface area contributed by atoms with Gasteiger partial charge in [-0.25, -0.2) is 0 Å². The van der Waals surface area contributed by atoms with E-state index in [1.165, 1.54) is 38.5 Å². The fraction of sp³-hybridized carbons (Fsp3) is 0.846. The van der Waals surface area contributed by atoms with Crippen LogP contribution in [0.3, 0.4) is 0 Å². The lowest BCUT2D eigenvalue weighted by molar-refractivity contribution is -0.141. The van der Waals surface area contributed by atoms with Crippen LogP contribution < -0.4 is 0 Å². The van der Waals surface area contributed by atoms with Crippen LogP contribution in [0, 0.1) is 46.3 Å². The molecule has 30 heavy (non-hydrogen) atoms. The highest BCUT2D eigenvalue weighted by molar-refractivity contribution is 5.79. The quantitative estimate of drug-likeness (QED) is 0.576. The number of carbonyl (C=O) groups is 2. The van der Waals surface area contributed by atoms with E-state index >= 15 is 0 Å². The summed E-state index contributed by atoms with van der Waals surface area (Å²) in [4.78, 5) is 26.0. The molecule has 168 valence electrons. The maximum atomic E-state index is 12.4. The molecule has 0 N–H and O–H groups in total. The Morgan fingerprint density at radius 1 is 1.23 bits per heavy atom. The van der Waals surface area contributed by atoms with Gasteiger partial charge in [0.25, 0.3) is 0 Å². The van der Waals surface area contributed by atoms with Gasteiger partial charge < -0.3 is 9.64 Å². The highest BCUT2D eigenvalue weighted by Gasteiger charge is 2.61. The molecule has 4 rings (SSSR count). The van der Waals surface area contributed by atoms with Gasteiger partial charge in [0.1, 0.15) is 0 Å². The van der Waals surface area contributed by atoms with Crippen LogP contribution in [-0.4, -0.2) is 30.9 Å². The largest absolute Gasteiger partial charge is 0.469 e. The van der Waals surface area contributed by atoms with Crippen molar-refractivity contribution in [2.45, 2.75) is 79.1 Å². The number of amides is 1. The minimum absolute atomic E-state index is 0.0762. The zero-order valence-corrected chi connectivity index (χ0v) is 19.9. The summed E-state index contributed by atoms with van der Waals surface area (Å²) in [5.74, 6) is 4.17. The standard InChI is InChI=1S/C26H41NO3/c1-16(7-10-23(29)30-6)18-8-9-19-24-17(2)15-21-26(4,14-12-22(28)27(21)5)20(24)11-13-25(18,19)3/h15-20,24H,7-14H2,1-6H3/t16-,17+,18-,19+,20+,24+,25-,26-/m1/s1. The summed E-state index contributed by atoms with van der Waals surface area (Å²) >= 11 is 0. The Morgan fingerprint density at radius 3 is 2.67 bits per heavy atom. The van der Waals surface area contributed by atoms with Crippen molar-refractivity contribution in [1.29, 1.82) is 0 Å². The number of hydrogen-bond acceptors (Lipinski definition) is 3. The third kappa shape index (κ3) is 3.15. The van der Waals surface area contributed by atoms with E-state index in [1.54, 1.807) is 0 Å². The Balaban J connectivity index is 1.59. The molecule has 1 aliphatic heterocycles. The molecule has 0 radical (unpaired) electrons. The van der Waals surface area contributed by atoms with Crippen molar-refractivity contribution in [1.82, 2.24) is 4.90 Å². The number of likely N-dealkylation sites (tertiary alicyclic amines) is 1. The van der Waals surface area contributed by atoms with Crippen LogP contribution in [0.15, 0.2) is 11.8 Å². The van der Waals surface area contributed by atoms with Crippen LogP contribution in [0.4, 0.5) is 0 Å². The van der Waals surface area contributed by atoms with E-state index in [4.69, 9.17) is 4.74 Å². The zero-order valence-electron chi connectivity index (χ0n) is 19.9. The van der Waals surface area contributed by atoms with Gasteiger partial charge in [0, 0.05) is 31.0 Å². The zero-order chi connectivity index (χ0) is 21.8. The molecule has 0 aromatic carbocycles. The van der Waals surface area contributed by atoms with Crippen LogP contribution in [0.25, 0.3) is 0 Å². The number of esters is 1. The molecule has 2 saturated carbocycles. The predicted octanol–water partition coefficient (Wildman–Crippen LogP) is 5.43. The molecule has 4 aliphatic rings. The molecular formula is C26H41NO3. The van der Waals surface area contributed by atoms with Crippen LogP contribution in [0.2, 0.25) is 0 Å². The van der Waals surface area contributed by atoms with Gasteiger partial charge in [-0.2, -0.15) is 0 Å². The van der Waals surface area contributed by atoms with Gasteiger partial charge >= 0.3 is 5.97 Å². The van der Waals surface area contributed by atoms with Gasteiger partial charge in [0.05, 0.1) is 7.11 Å². The van der Waals surface area contributed by atoms with Crippen LogP contribution in [0.1, 0.15) is 79.1 Å². The molecule has 1 saturated heterocycles. The van der Waals surface area contributed by atoms with Gasteiger partial charge in [-0.15, -0.1) is 0 Å². The van der Waals surface area contributed by atoms with E-state index in [2.05, 4.69) is 33.8 Å².